The van der Waals surface area contributed by atoms with E-state index in [0.29, 0.717) is 12.0 Å². The van der Waals surface area contributed by atoms with E-state index >= 15 is 0 Å². The molecule has 2 fully saturated rings. The highest BCUT2D eigenvalue weighted by Crippen LogP contribution is 2.48. The van der Waals surface area contributed by atoms with Crippen molar-refractivity contribution in [2.24, 2.45) is 0 Å². The Morgan fingerprint density at radius 3 is 2.62 bits per heavy atom. The van der Waals surface area contributed by atoms with Crippen LogP contribution >= 0.6 is 11.8 Å². The third kappa shape index (κ3) is 3.47. The molecule has 2 saturated carbocycles. The van der Waals surface area contributed by atoms with E-state index in [0.717, 1.165) is 39.4 Å². The summed E-state index contributed by atoms with van der Waals surface area (Å²) in [6.07, 6.45) is 7.56. The van der Waals surface area contributed by atoms with Crippen molar-refractivity contribution in [3.63, 3.8) is 0 Å². The van der Waals surface area contributed by atoms with Crippen molar-refractivity contribution in [3.8, 4) is 0 Å². The number of aromatic amines is 1. The van der Waals surface area contributed by atoms with Crippen LogP contribution in [0.25, 0.3) is 10.9 Å². The SMILES string of the molecule is CCc1cccc2c(C(=O)C(Sc3nnc(C4CC4)n3C3CC3)c3ccccc3)c[nH]c12. The minimum Gasteiger partial charge on any atom is -0.360 e. The highest BCUT2D eigenvalue weighted by molar-refractivity contribution is 8.00. The molecule has 6 heteroatoms. The molecule has 2 aromatic heterocycles. The van der Waals surface area contributed by atoms with Crippen molar-refractivity contribution < 1.29 is 4.79 Å². The number of nitrogens with zero attached hydrogens (tertiary/aromatic N) is 3. The summed E-state index contributed by atoms with van der Waals surface area (Å²) in [6, 6.07) is 16.8. The Morgan fingerprint density at radius 2 is 1.91 bits per heavy atom. The average Bonchev–Trinajstić information content (AvgIpc) is 3.77. The molecule has 2 heterocycles. The molecule has 1 N–H and O–H groups in total. The molecule has 1 atom stereocenters. The summed E-state index contributed by atoms with van der Waals surface area (Å²) in [5, 5.41) is 10.6. The topological polar surface area (TPSA) is 63.6 Å². The maximum atomic E-state index is 14.0. The summed E-state index contributed by atoms with van der Waals surface area (Å²) < 4.78 is 2.33. The fourth-order valence-electron chi connectivity index (χ4n) is 4.53. The smallest absolute Gasteiger partial charge is 0.192 e. The first-order valence-corrected chi connectivity index (χ1v) is 12.4. The summed E-state index contributed by atoms with van der Waals surface area (Å²) in [4.78, 5) is 17.3. The molecule has 0 bridgehead atoms. The van der Waals surface area contributed by atoms with Crippen LogP contribution in [0.4, 0.5) is 0 Å². The Hall–Kier alpha value is -2.86. The molecule has 0 radical (unpaired) electrons. The van der Waals surface area contributed by atoms with Gasteiger partial charge in [-0.3, -0.25) is 4.79 Å². The van der Waals surface area contributed by atoms with Crippen LogP contribution in [0.15, 0.2) is 59.9 Å². The van der Waals surface area contributed by atoms with Gasteiger partial charge in [0.1, 0.15) is 11.1 Å². The van der Waals surface area contributed by atoms with Gasteiger partial charge in [0.25, 0.3) is 0 Å². The van der Waals surface area contributed by atoms with E-state index in [4.69, 9.17) is 0 Å². The zero-order valence-electron chi connectivity index (χ0n) is 18.1. The standard InChI is InChI=1S/C26H26N4OS/c1-2-16-9-6-10-20-21(15-27-22(16)20)23(31)24(17-7-4-3-5-8-17)32-26-29-28-25(18-11-12-18)30(26)19-13-14-19/h3-10,15,18-19,24,27H,2,11-14H2,1H3. The third-order valence-corrected chi connectivity index (χ3v) is 7.77. The second-order valence-electron chi connectivity index (χ2n) is 8.88. The summed E-state index contributed by atoms with van der Waals surface area (Å²) >= 11 is 1.55. The predicted molar refractivity (Wildman–Crippen MR) is 127 cm³/mol. The van der Waals surface area contributed by atoms with Gasteiger partial charge < -0.3 is 9.55 Å². The van der Waals surface area contributed by atoms with Crippen LogP contribution in [-0.2, 0) is 6.42 Å². The minimum absolute atomic E-state index is 0.110. The Bertz CT molecular complexity index is 1280. The lowest BCUT2D eigenvalue weighted by atomic mass is 10.0. The van der Waals surface area contributed by atoms with Gasteiger partial charge in [-0.2, -0.15) is 0 Å². The fourth-order valence-corrected chi connectivity index (χ4v) is 5.71. The number of ketones is 1. The molecule has 2 aromatic carbocycles. The molecular weight excluding hydrogens is 416 g/mol. The molecule has 5 nitrogen and oxygen atoms in total. The Balaban J connectivity index is 1.41. The van der Waals surface area contributed by atoms with Crippen LogP contribution in [0.3, 0.4) is 0 Å². The largest absolute Gasteiger partial charge is 0.360 e. The number of fused-ring (bicyclic) bond motifs is 1. The van der Waals surface area contributed by atoms with Crippen molar-refractivity contribution in [2.75, 3.05) is 0 Å². The lowest BCUT2D eigenvalue weighted by Gasteiger charge is -2.16. The monoisotopic (exact) mass is 442 g/mol. The van der Waals surface area contributed by atoms with Crippen LogP contribution < -0.4 is 0 Å². The fraction of sp³-hybridized carbons (Fsp3) is 0.346. The van der Waals surface area contributed by atoms with Gasteiger partial charge in [-0.1, -0.05) is 67.2 Å². The number of aromatic nitrogens is 4. The van der Waals surface area contributed by atoms with Gasteiger partial charge >= 0.3 is 0 Å². The number of nitrogens with one attached hydrogen (secondary N) is 1. The van der Waals surface area contributed by atoms with Crippen LogP contribution in [-0.4, -0.2) is 25.5 Å². The number of hydrogen-bond acceptors (Lipinski definition) is 4. The number of para-hydroxylation sites is 1. The number of thioether (sulfide) groups is 1. The number of aryl methyl sites for hydroxylation is 1. The summed E-state index contributed by atoms with van der Waals surface area (Å²) in [7, 11) is 0. The zero-order chi connectivity index (χ0) is 21.7. The van der Waals surface area contributed by atoms with Crippen LogP contribution in [0.2, 0.25) is 0 Å². The number of H-pyrrole nitrogens is 1. The molecule has 0 aliphatic heterocycles. The van der Waals surface area contributed by atoms with Gasteiger partial charge in [-0.25, -0.2) is 0 Å². The first-order chi connectivity index (χ1) is 15.7. The van der Waals surface area contributed by atoms with Gasteiger partial charge in [0.15, 0.2) is 10.9 Å². The van der Waals surface area contributed by atoms with Crippen molar-refractivity contribution >= 4 is 28.4 Å². The summed E-state index contributed by atoms with van der Waals surface area (Å²) in [6.45, 7) is 2.14. The Kier molecular flexibility index (Phi) is 4.90. The second kappa shape index (κ2) is 7.93. The van der Waals surface area contributed by atoms with Gasteiger partial charge in [-0.15, -0.1) is 10.2 Å². The predicted octanol–water partition coefficient (Wildman–Crippen LogP) is 6.25. The molecule has 2 aliphatic rings. The van der Waals surface area contributed by atoms with Gasteiger partial charge in [0.2, 0.25) is 0 Å². The first kappa shape index (κ1) is 19.8. The van der Waals surface area contributed by atoms with E-state index in [1.807, 2.05) is 48.7 Å². The third-order valence-electron chi connectivity index (χ3n) is 6.56. The van der Waals surface area contributed by atoms with E-state index in [2.05, 4.69) is 32.7 Å². The van der Waals surface area contributed by atoms with E-state index in [1.54, 1.807) is 11.8 Å². The number of carbonyl (C=O) groups excluding carboxylic acids is 1. The van der Waals surface area contributed by atoms with Crippen molar-refractivity contribution in [3.05, 3.63) is 77.2 Å². The lowest BCUT2D eigenvalue weighted by Crippen LogP contribution is -2.11. The Labute approximate surface area is 191 Å². The van der Waals surface area contributed by atoms with Crippen LogP contribution in [0.5, 0.6) is 0 Å². The molecule has 162 valence electrons. The summed E-state index contributed by atoms with van der Waals surface area (Å²) in [5.74, 6) is 1.78. The molecule has 32 heavy (non-hydrogen) atoms. The molecule has 0 saturated heterocycles. The Morgan fingerprint density at radius 1 is 1.09 bits per heavy atom. The molecule has 2 aliphatic carbocycles. The molecule has 4 aromatic rings. The first-order valence-electron chi connectivity index (χ1n) is 11.5. The van der Waals surface area contributed by atoms with Crippen molar-refractivity contribution in [1.82, 2.24) is 19.7 Å². The van der Waals surface area contributed by atoms with Gasteiger partial charge in [-0.05, 0) is 43.2 Å². The molecule has 6 rings (SSSR count). The van der Waals surface area contributed by atoms with Crippen LogP contribution in [0, 0.1) is 0 Å². The second-order valence-corrected chi connectivity index (χ2v) is 9.96. The van der Waals surface area contributed by atoms with Crippen LogP contribution in [0.1, 0.15) is 77.1 Å². The van der Waals surface area contributed by atoms with Crippen molar-refractivity contribution in [1.29, 1.82) is 0 Å². The van der Waals surface area contributed by atoms with E-state index in [-0.39, 0.29) is 11.0 Å². The highest BCUT2D eigenvalue weighted by Gasteiger charge is 2.38. The number of Topliss-reactive ketones (excluding diaryl/α,β-unsaturated/α-hetero) is 1. The quantitative estimate of drug-likeness (QED) is 0.259. The normalized spacial score (nSPS) is 17.0. The molecular formula is C26H26N4OS. The molecule has 0 amide bonds. The van der Waals surface area contributed by atoms with E-state index < -0.39 is 0 Å². The van der Waals surface area contributed by atoms with E-state index in [9.17, 15) is 4.79 Å². The maximum absolute atomic E-state index is 14.0. The van der Waals surface area contributed by atoms with Crippen molar-refractivity contribution in [2.45, 2.75) is 61.4 Å². The van der Waals surface area contributed by atoms with Gasteiger partial charge in [0, 0.05) is 34.6 Å². The number of benzene rings is 2. The maximum Gasteiger partial charge on any atom is 0.192 e. The lowest BCUT2D eigenvalue weighted by molar-refractivity contribution is 0.0991. The molecule has 1 unspecified atom stereocenters. The minimum atomic E-state index is -0.366. The number of carbonyl (C=O) groups is 1. The molecule has 0 spiro atoms. The number of rotatable bonds is 8. The zero-order valence-corrected chi connectivity index (χ0v) is 18.9. The highest BCUT2D eigenvalue weighted by atomic mass is 32.2. The average molecular weight is 443 g/mol. The van der Waals surface area contributed by atoms with Gasteiger partial charge in [0.05, 0.1) is 0 Å². The summed E-state index contributed by atoms with van der Waals surface area (Å²) in [5.41, 5.74) is 4.04. The number of hydrogen-bond donors (Lipinski definition) is 1. The van der Waals surface area contributed by atoms with E-state index in [1.165, 1.54) is 31.2 Å².